The molecule has 0 aliphatic heterocycles. The van der Waals surface area contributed by atoms with Crippen molar-refractivity contribution in [1.82, 2.24) is 10.3 Å². The third-order valence-corrected chi connectivity index (χ3v) is 3.42. The second kappa shape index (κ2) is 8.62. The normalized spacial score (nSPS) is 10.4. The molecule has 0 saturated heterocycles. The summed E-state index contributed by atoms with van der Waals surface area (Å²) < 4.78 is 0. The Bertz CT molecular complexity index is 381. The van der Waals surface area contributed by atoms with Crippen LogP contribution in [0.4, 0.5) is 0 Å². The molecule has 6 heteroatoms. The predicted octanol–water partition coefficient (Wildman–Crippen LogP) is 3.65. The lowest BCUT2D eigenvalue weighted by Gasteiger charge is -2.05. The monoisotopic (exact) mass is 306 g/mol. The van der Waals surface area contributed by atoms with Gasteiger partial charge in [0.05, 0.1) is 0 Å². The second-order valence-electron chi connectivity index (χ2n) is 3.81. The number of thioether (sulfide) groups is 1. The molecule has 0 aliphatic carbocycles. The Hall–Kier alpha value is -0.450. The maximum Gasteiger partial charge on any atom is 0.251 e. The van der Waals surface area contributed by atoms with Gasteiger partial charge < -0.3 is 5.32 Å². The lowest BCUT2D eigenvalue weighted by molar-refractivity contribution is 0.0953. The summed E-state index contributed by atoms with van der Waals surface area (Å²) in [6, 6.07) is 3.02. The van der Waals surface area contributed by atoms with Crippen molar-refractivity contribution < 1.29 is 4.79 Å². The summed E-state index contributed by atoms with van der Waals surface area (Å²) in [5.41, 5.74) is 0.448. The highest BCUT2D eigenvalue weighted by Gasteiger charge is 2.07. The van der Waals surface area contributed by atoms with E-state index in [0.717, 1.165) is 12.8 Å². The van der Waals surface area contributed by atoms with E-state index >= 15 is 0 Å². The molecule has 1 aromatic heterocycles. The minimum absolute atomic E-state index is 0.161. The van der Waals surface area contributed by atoms with Gasteiger partial charge in [-0.05, 0) is 37.0 Å². The van der Waals surface area contributed by atoms with Gasteiger partial charge in [-0.25, -0.2) is 4.98 Å². The fourth-order valence-corrected chi connectivity index (χ4v) is 2.40. The van der Waals surface area contributed by atoms with Crippen molar-refractivity contribution in [1.29, 1.82) is 0 Å². The van der Waals surface area contributed by atoms with Crippen LogP contribution in [0.1, 0.15) is 29.6 Å². The van der Waals surface area contributed by atoms with E-state index in [2.05, 4.69) is 16.6 Å². The molecule has 0 bridgehead atoms. The van der Waals surface area contributed by atoms with Gasteiger partial charge in [-0.15, -0.1) is 0 Å². The van der Waals surface area contributed by atoms with E-state index in [1.54, 1.807) is 0 Å². The van der Waals surface area contributed by atoms with Crippen molar-refractivity contribution in [2.24, 2.45) is 0 Å². The topological polar surface area (TPSA) is 42.0 Å². The van der Waals surface area contributed by atoms with Crippen LogP contribution in [-0.2, 0) is 0 Å². The molecular formula is C12H16Cl2N2OS. The molecule has 0 atom stereocenters. The van der Waals surface area contributed by atoms with E-state index in [1.807, 2.05) is 11.8 Å². The lowest BCUT2D eigenvalue weighted by atomic mass is 10.2. The molecule has 0 aromatic carbocycles. The van der Waals surface area contributed by atoms with Gasteiger partial charge in [-0.2, -0.15) is 11.8 Å². The quantitative estimate of drug-likeness (QED) is 0.617. The molecule has 0 aliphatic rings. The zero-order valence-corrected chi connectivity index (χ0v) is 12.5. The van der Waals surface area contributed by atoms with E-state index in [4.69, 9.17) is 23.2 Å². The molecule has 0 fully saturated rings. The number of pyridine rings is 1. The molecule has 1 aromatic rings. The van der Waals surface area contributed by atoms with E-state index < -0.39 is 0 Å². The molecule has 1 rings (SSSR count). The third-order valence-electron chi connectivity index (χ3n) is 2.34. The minimum Gasteiger partial charge on any atom is -0.352 e. The van der Waals surface area contributed by atoms with Crippen molar-refractivity contribution in [3.8, 4) is 0 Å². The number of carbonyl (C=O) groups excluding carboxylic acids is 1. The van der Waals surface area contributed by atoms with E-state index in [0.29, 0.717) is 12.1 Å². The van der Waals surface area contributed by atoms with Gasteiger partial charge in [0, 0.05) is 12.1 Å². The molecule has 18 heavy (non-hydrogen) atoms. The van der Waals surface area contributed by atoms with Crippen LogP contribution in [0.3, 0.4) is 0 Å². The van der Waals surface area contributed by atoms with E-state index in [9.17, 15) is 4.79 Å². The first-order valence-electron chi connectivity index (χ1n) is 5.73. The first kappa shape index (κ1) is 15.6. The molecular weight excluding hydrogens is 291 g/mol. The Labute approximate surface area is 122 Å². The molecule has 1 amide bonds. The second-order valence-corrected chi connectivity index (χ2v) is 5.57. The Morgan fingerprint density at radius 1 is 1.28 bits per heavy atom. The number of nitrogens with one attached hydrogen (secondary N) is 1. The molecule has 3 nitrogen and oxygen atoms in total. The fraction of sp³-hybridized carbons (Fsp3) is 0.500. The van der Waals surface area contributed by atoms with E-state index in [-0.39, 0.29) is 16.2 Å². The van der Waals surface area contributed by atoms with Gasteiger partial charge in [-0.1, -0.05) is 29.6 Å². The number of hydrogen-bond acceptors (Lipinski definition) is 3. The number of halogens is 2. The van der Waals surface area contributed by atoms with Crippen molar-refractivity contribution >= 4 is 40.9 Å². The Morgan fingerprint density at radius 2 is 1.94 bits per heavy atom. The number of rotatable bonds is 7. The largest absolute Gasteiger partial charge is 0.352 e. The maximum atomic E-state index is 11.8. The lowest BCUT2D eigenvalue weighted by Crippen LogP contribution is -2.24. The van der Waals surface area contributed by atoms with Gasteiger partial charge in [0.2, 0.25) is 0 Å². The summed E-state index contributed by atoms with van der Waals surface area (Å²) in [5.74, 6) is 1.01. The average Bonchev–Trinajstić information content (AvgIpc) is 2.32. The number of nitrogens with zero attached hydrogens (tertiary/aromatic N) is 1. The Balaban J connectivity index is 2.32. The summed E-state index contributed by atoms with van der Waals surface area (Å²) in [6.45, 7) is 0.671. The van der Waals surface area contributed by atoms with Crippen LogP contribution in [0, 0.1) is 0 Å². The average molecular weight is 307 g/mol. The van der Waals surface area contributed by atoms with Gasteiger partial charge in [0.1, 0.15) is 10.3 Å². The molecule has 0 spiro atoms. The highest BCUT2D eigenvalue weighted by Crippen LogP contribution is 2.14. The summed E-state index contributed by atoms with van der Waals surface area (Å²) in [6.07, 6.45) is 5.39. The Morgan fingerprint density at radius 3 is 2.56 bits per heavy atom. The van der Waals surface area contributed by atoms with E-state index in [1.165, 1.54) is 24.3 Å². The van der Waals surface area contributed by atoms with Gasteiger partial charge in [0.25, 0.3) is 5.91 Å². The molecule has 1 N–H and O–H groups in total. The van der Waals surface area contributed by atoms with Crippen molar-refractivity contribution in [2.45, 2.75) is 19.3 Å². The first-order valence-corrected chi connectivity index (χ1v) is 7.88. The predicted molar refractivity (Wildman–Crippen MR) is 78.8 cm³/mol. The first-order chi connectivity index (χ1) is 8.63. The standard InChI is InChI=1S/C12H16Cl2N2OS/c1-18-6-4-2-3-5-15-12(17)9-7-10(13)16-11(14)8-9/h7-8H,2-6H2,1H3,(H,15,17). The van der Waals surface area contributed by atoms with Crippen molar-refractivity contribution in [3.05, 3.63) is 28.0 Å². The summed E-state index contributed by atoms with van der Waals surface area (Å²) in [7, 11) is 0. The number of carbonyl (C=O) groups is 1. The fourth-order valence-electron chi connectivity index (χ4n) is 1.45. The van der Waals surface area contributed by atoms with Crippen molar-refractivity contribution in [2.75, 3.05) is 18.6 Å². The van der Waals surface area contributed by atoms with Gasteiger partial charge in [-0.3, -0.25) is 4.79 Å². The number of unbranched alkanes of at least 4 members (excludes halogenated alkanes) is 2. The summed E-state index contributed by atoms with van der Waals surface area (Å²) in [5, 5.41) is 3.30. The molecule has 0 radical (unpaired) electrons. The van der Waals surface area contributed by atoms with Crippen LogP contribution in [-0.4, -0.2) is 29.4 Å². The Kier molecular flexibility index (Phi) is 7.47. The number of hydrogen-bond donors (Lipinski definition) is 1. The van der Waals surface area contributed by atoms with Crippen LogP contribution in [0.15, 0.2) is 12.1 Å². The highest BCUT2D eigenvalue weighted by atomic mass is 35.5. The third kappa shape index (κ3) is 5.94. The van der Waals surface area contributed by atoms with Gasteiger partial charge in [0.15, 0.2) is 0 Å². The van der Waals surface area contributed by atoms with Crippen LogP contribution < -0.4 is 5.32 Å². The SMILES string of the molecule is CSCCCCCNC(=O)c1cc(Cl)nc(Cl)c1. The smallest absolute Gasteiger partial charge is 0.251 e. The molecule has 0 saturated carbocycles. The number of amides is 1. The molecule has 100 valence electrons. The van der Waals surface area contributed by atoms with Crippen LogP contribution in [0.2, 0.25) is 10.3 Å². The maximum absolute atomic E-state index is 11.8. The molecule has 0 unspecified atom stereocenters. The zero-order chi connectivity index (χ0) is 13.4. The molecule has 1 heterocycles. The highest BCUT2D eigenvalue weighted by molar-refractivity contribution is 7.98. The van der Waals surface area contributed by atoms with Crippen molar-refractivity contribution in [3.63, 3.8) is 0 Å². The summed E-state index contributed by atoms with van der Waals surface area (Å²) >= 11 is 13.3. The van der Waals surface area contributed by atoms with Crippen LogP contribution >= 0.6 is 35.0 Å². The zero-order valence-electron chi connectivity index (χ0n) is 10.2. The minimum atomic E-state index is -0.161. The van der Waals surface area contributed by atoms with Crippen LogP contribution in [0.5, 0.6) is 0 Å². The van der Waals surface area contributed by atoms with Gasteiger partial charge >= 0.3 is 0 Å². The number of aromatic nitrogens is 1. The summed E-state index contributed by atoms with van der Waals surface area (Å²) in [4.78, 5) is 15.6. The van der Waals surface area contributed by atoms with Crippen LogP contribution in [0.25, 0.3) is 0 Å².